The Morgan fingerprint density at radius 2 is 1.93 bits per heavy atom. The average Bonchev–Trinajstić information content (AvgIpc) is 3.24. The van der Waals surface area contributed by atoms with Gasteiger partial charge in [-0.2, -0.15) is 0 Å². The van der Waals surface area contributed by atoms with Crippen LogP contribution < -0.4 is 25.0 Å². The molecule has 2 bridgehead atoms. The molecule has 2 aliphatic heterocycles. The molecular weight excluding hydrogens is 498 g/mol. The summed E-state index contributed by atoms with van der Waals surface area (Å²) in [5, 5.41) is 0. The predicted octanol–water partition coefficient (Wildman–Crippen LogP) is -1.84. The SMILES string of the molecule is CC(OC(=O)C1C2CC3C(OC(=O)C31)C2OC(=O)C(C)(C)C1N[I-]1)C(F)(F)F. The van der Waals surface area contributed by atoms with Crippen LogP contribution in [0.1, 0.15) is 27.2 Å². The van der Waals surface area contributed by atoms with Crippen LogP contribution >= 0.6 is 0 Å². The summed E-state index contributed by atoms with van der Waals surface area (Å²) in [7, 11) is 0. The van der Waals surface area contributed by atoms with Crippen molar-refractivity contribution in [2.75, 3.05) is 0 Å². The fourth-order valence-electron chi connectivity index (χ4n) is 4.47. The van der Waals surface area contributed by atoms with E-state index in [2.05, 4.69) is 8.27 Å². The normalized spacial score (nSPS) is 39.8. The van der Waals surface area contributed by atoms with Gasteiger partial charge in [-0.3, -0.25) is 0 Å². The van der Waals surface area contributed by atoms with Crippen LogP contribution in [-0.2, 0) is 28.6 Å². The van der Waals surface area contributed by atoms with E-state index in [1.165, 1.54) is 0 Å². The Morgan fingerprint density at radius 1 is 1.29 bits per heavy atom. The van der Waals surface area contributed by atoms with Crippen LogP contribution in [0.3, 0.4) is 0 Å². The topological polar surface area (TPSA) is 101 Å². The number of ether oxygens (including phenoxy) is 3. The van der Waals surface area contributed by atoms with Gasteiger partial charge in [0.05, 0.1) is 0 Å². The fraction of sp³-hybridized carbons (Fsp3) is 0.824. The molecule has 4 rings (SSSR count). The number of hydrogen-bond donors (Lipinski definition) is 1. The second-order valence-corrected chi connectivity index (χ2v) is 10.8. The van der Waals surface area contributed by atoms with Gasteiger partial charge in [0, 0.05) is 0 Å². The van der Waals surface area contributed by atoms with E-state index in [0.29, 0.717) is 6.42 Å². The number of carbonyl (C=O) groups is 3. The number of rotatable bonds is 5. The molecule has 1 N–H and O–H groups in total. The Balaban J connectivity index is 1.52. The van der Waals surface area contributed by atoms with Crippen molar-refractivity contribution in [2.45, 2.75) is 55.7 Å². The molecule has 11 heteroatoms. The second-order valence-electron chi connectivity index (χ2n) is 8.31. The van der Waals surface area contributed by atoms with Crippen molar-refractivity contribution >= 4 is 17.9 Å². The molecule has 0 aromatic heterocycles. The van der Waals surface area contributed by atoms with Gasteiger partial charge in [0.25, 0.3) is 0 Å². The van der Waals surface area contributed by atoms with Crippen molar-refractivity contribution in [3.8, 4) is 0 Å². The van der Waals surface area contributed by atoms with Crippen molar-refractivity contribution < 1.29 is 63.2 Å². The third-order valence-electron chi connectivity index (χ3n) is 6.19. The van der Waals surface area contributed by atoms with Crippen molar-refractivity contribution in [2.24, 2.45) is 29.1 Å². The van der Waals surface area contributed by atoms with E-state index < -0.39 is 65.6 Å². The van der Waals surface area contributed by atoms with Crippen molar-refractivity contribution in [3.63, 3.8) is 0 Å². The van der Waals surface area contributed by atoms with Gasteiger partial charge in [-0.15, -0.1) is 0 Å². The quantitative estimate of drug-likeness (QED) is 0.0869. The number of hydrogen-bond acceptors (Lipinski definition) is 7. The summed E-state index contributed by atoms with van der Waals surface area (Å²) in [6.07, 6.45) is -8.07. The molecule has 8 unspecified atom stereocenters. The van der Waals surface area contributed by atoms with Gasteiger partial charge in [0.1, 0.15) is 0 Å². The maximum atomic E-state index is 12.8. The van der Waals surface area contributed by atoms with E-state index in [1.807, 2.05) is 0 Å². The summed E-state index contributed by atoms with van der Waals surface area (Å²) in [5.74, 6) is -5.03. The summed E-state index contributed by atoms with van der Waals surface area (Å²) >= 11 is -0.247. The number of carbonyl (C=O) groups excluding carboxylic acids is 3. The predicted molar refractivity (Wildman–Crippen MR) is 80.7 cm³/mol. The molecule has 2 heterocycles. The molecule has 2 saturated carbocycles. The number of esters is 3. The summed E-state index contributed by atoms with van der Waals surface area (Å²) in [6, 6.07) is 0. The Labute approximate surface area is 169 Å². The Hall–Kier alpha value is -1.11. The number of fused-ring (bicyclic) bond motifs is 1. The van der Waals surface area contributed by atoms with Gasteiger partial charge in [-0.1, -0.05) is 0 Å². The fourth-order valence-corrected chi connectivity index (χ4v) is 6.46. The summed E-state index contributed by atoms with van der Waals surface area (Å²) < 4.78 is 57.2. The summed E-state index contributed by atoms with van der Waals surface area (Å²) in [5.41, 5.74) is -0.752. The van der Waals surface area contributed by atoms with Gasteiger partial charge in [0.2, 0.25) is 0 Å². The summed E-state index contributed by atoms with van der Waals surface area (Å²) in [6.45, 7) is 4.26. The molecule has 2 aliphatic carbocycles. The Morgan fingerprint density at radius 3 is 2.50 bits per heavy atom. The van der Waals surface area contributed by atoms with Crippen LogP contribution in [0.15, 0.2) is 0 Å². The standard InChI is InChI=1S/C17H20F3INO6/c1-5(17(18,19)20)26-12(23)8-7-4-6-9(8)13(24)27-10(6)11(7)28-15(25)16(2,3)14-21-22-14/h5-11,14,22H,4H2,1-3H3/q-1. The zero-order valence-corrected chi connectivity index (χ0v) is 17.4. The Kier molecular flexibility index (Phi) is 4.64. The van der Waals surface area contributed by atoms with E-state index in [-0.39, 0.29) is 31.4 Å². The molecule has 28 heavy (non-hydrogen) atoms. The first-order valence-electron chi connectivity index (χ1n) is 8.99. The van der Waals surface area contributed by atoms with E-state index in [9.17, 15) is 27.6 Å². The molecule has 0 radical (unpaired) electrons. The van der Waals surface area contributed by atoms with Crippen LogP contribution in [0, 0.1) is 29.1 Å². The minimum absolute atomic E-state index is 0.0877. The summed E-state index contributed by atoms with van der Waals surface area (Å²) in [4.78, 5) is 37.4. The Bertz CT molecular complexity index is 724. The van der Waals surface area contributed by atoms with Crippen LogP contribution in [0.4, 0.5) is 13.2 Å². The van der Waals surface area contributed by atoms with E-state index in [1.54, 1.807) is 13.8 Å². The van der Waals surface area contributed by atoms with Crippen molar-refractivity contribution in [1.29, 1.82) is 0 Å². The monoisotopic (exact) mass is 518 g/mol. The van der Waals surface area contributed by atoms with Crippen LogP contribution in [0.25, 0.3) is 0 Å². The number of halogens is 4. The molecule has 158 valence electrons. The zero-order valence-electron chi connectivity index (χ0n) is 15.3. The second kappa shape index (κ2) is 6.44. The van der Waals surface area contributed by atoms with Crippen molar-refractivity contribution in [3.05, 3.63) is 0 Å². The molecule has 0 aromatic rings. The first-order valence-corrected chi connectivity index (χ1v) is 11.3. The van der Waals surface area contributed by atoms with Crippen LogP contribution in [-0.4, -0.2) is 46.4 Å². The maximum absolute atomic E-state index is 12.8. The third-order valence-corrected chi connectivity index (χ3v) is 9.00. The van der Waals surface area contributed by atoms with Gasteiger partial charge < -0.3 is 0 Å². The number of nitrogens with one attached hydrogen (secondary N) is 1. The molecule has 4 fully saturated rings. The van der Waals surface area contributed by atoms with Gasteiger partial charge in [-0.25, -0.2) is 0 Å². The minimum atomic E-state index is -4.69. The van der Waals surface area contributed by atoms with E-state index >= 15 is 0 Å². The van der Waals surface area contributed by atoms with Gasteiger partial charge in [0.15, 0.2) is 0 Å². The molecule has 8 atom stereocenters. The first-order chi connectivity index (χ1) is 12.9. The molecule has 0 spiro atoms. The van der Waals surface area contributed by atoms with Crippen LogP contribution in [0.5, 0.6) is 0 Å². The molecule has 0 amide bonds. The van der Waals surface area contributed by atoms with Gasteiger partial charge in [-0.05, 0) is 0 Å². The number of alkyl halides is 4. The van der Waals surface area contributed by atoms with Crippen LogP contribution in [0.2, 0.25) is 0 Å². The van der Waals surface area contributed by atoms with Crippen molar-refractivity contribution in [1.82, 2.24) is 3.53 Å². The molecular formula is C17H20F3INO6-. The average molecular weight is 518 g/mol. The van der Waals surface area contributed by atoms with E-state index in [4.69, 9.17) is 9.47 Å². The molecule has 7 nitrogen and oxygen atoms in total. The molecule has 2 saturated heterocycles. The van der Waals surface area contributed by atoms with Gasteiger partial charge >= 0.3 is 169 Å². The molecule has 0 aromatic carbocycles. The van der Waals surface area contributed by atoms with E-state index in [0.717, 1.165) is 6.92 Å². The third kappa shape index (κ3) is 3.08. The first kappa shape index (κ1) is 20.2. The zero-order chi connectivity index (χ0) is 20.6. The molecule has 4 aliphatic rings.